The molecule has 5 heteroatoms. The molecule has 1 atom stereocenters. The summed E-state index contributed by atoms with van der Waals surface area (Å²) < 4.78 is 0. The van der Waals surface area contributed by atoms with Gasteiger partial charge in [0.05, 0.1) is 6.10 Å². The highest BCUT2D eigenvalue weighted by atomic mass is 16.3. The third-order valence-corrected chi connectivity index (χ3v) is 3.63. The number of hydrogen-bond acceptors (Lipinski definition) is 3. The molecular formula is C16H22N2O3. The predicted octanol–water partition coefficient (Wildman–Crippen LogP) is 0.719. The molecule has 1 aliphatic heterocycles. The average molecular weight is 290 g/mol. The molecule has 1 saturated heterocycles. The van der Waals surface area contributed by atoms with Crippen LogP contribution in [0.25, 0.3) is 0 Å². The molecule has 0 radical (unpaired) electrons. The van der Waals surface area contributed by atoms with Crippen LogP contribution in [0.15, 0.2) is 30.3 Å². The number of benzene rings is 1. The van der Waals surface area contributed by atoms with Crippen LogP contribution in [0, 0.1) is 0 Å². The number of nitrogens with zero attached hydrogens (tertiary/aromatic N) is 1. The Balaban J connectivity index is 1.63. The van der Waals surface area contributed by atoms with Gasteiger partial charge in [0.1, 0.15) is 0 Å². The Kier molecular flexibility index (Phi) is 5.75. The van der Waals surface area contributed by atoms with Gasteiger partial charge in [0.2, 0.25) is 11.8 Å². The Bertz CT molecular complexity index is 476. The molecule has 2 rings (SSSR count). The number of aliphatic hydroxyl groups is 1. The van der Waals surface area contributed by atoms with Crippen molar-refractivity contribution < 1.29 is 14.7 Å². The van der Waals surface area contributed by atoms with Crippen molar-refractivity contribution in [3.8, 4) is 0 Å². The van der Waals surface area contributed by atoms with Crippen LogP contribution in [0.5, 0.6) is 0 Å². The van der Waals surface area contributed by atoms with Gasteiger partial charge in [0, 0.05) is 38.9 Å². The summed E-state index contributed by atoms with van der Waals surface area (Å²) in [6.07, 6.45) is 1.70. The van der Waals surface area contributed by atoms with Crippen molar-refractivity contribution >= 4 is 11.8 Å². The smallest absolute Gasteiger partial charge is 0.222 e. The molecule has 0 spiro atoms. The zero-order chi connectivity index (χ0) is 15.1. The molecule has 21 heavy (non-hydrogen) atoms. The lowest BCUT2D eigenvalue weighted by Crippen LogP contribution is -2.36. The van der Waals surface area contributed by atoms with Crippen LogP contribution in [0.3, 0.4) is 0 Å². The largest absolute Gasteiger partial charge is 0.391 e. The number of nitrogens with one attached hydrogen (secondary N) is 1. The van der Waals surface area contributed by atoms with Crippen molar-refractivity contribution in [3.05, 3.63) is 35.9 Å². The molecular weight excluding hydrogens is 268 g/mol. The number of amides is 2. The fraction of sp³-hybridized carbons (Fsp3) is 0.500. The van der Waals surface area contributed by atoms with Crippen molar-refractivity contribution in [2.45, 2.75) is 31.8 Å². The van der Waals surface area contributed by atoms with Gasteiger partial charge in [-0.15, -0.1) is 0 Å². The highest BCUT2D eigenvalue weighted by Crippen LogP contribution is 2.09. The number of carbonyl (C=O) groups excluding carboxylic acids is 2. The first kappa shape index (κ1) is 15.5. The highest BCUT2D eigenvalue weighted by molar-refractivity contribution is 5.80. The van der Waals surface area contributed by atoms with Crippen LogP contribution >= 0.6 is 0 Å². The predicted molar refractivity (Wildman–Crippen MR) is 79.6 cm³/mol. The average Bonchev–Trinajstić information content (AvgIpc) is 2.89. The lowest BCUT2D eigenvalue weighted by Gasteiger charge is -2.16. The first-order valence-electron chi connectivity index (χ1n) is 7.41. The lowest BCUT2D eigenvalue weighted by molar-refractivity contribution is -0.128. The van der Waals surface area contributed by atoms with E-state index in [0.29, 0.717) is 25.8 Å². The SMILES string of the molecule is O=C(CCN1CCCC1=O)NCC(O)Cc1ccccc1. The van der Waals surface area contributed by atoms with Crippen molar-refractivity contribution in [2.75, 3.05) is 19.6 Å². The minimum atomic E-state index is -0.593. The van der Waals surface area contributed by atoms with Gasteiger partial charge in [-0.2, -0.15) is 0 Å². The fourth-order valence-corrected chi connectivity index (χ4v) is 2.46. The number of carbonyl (C=O) groups is 2. The van der Waals surface area contributed by atoms with Crippen molar-refractivity contribution in [3.63, 3.8) is 0 Å². The molecule has 1 fully saturated rings. The van der Waals surface area contributed by atoms with Gasteiger partial charge in [-0.25, -0.2) is 0 Å². The Hall–Kier alpha value is -1.88. The van der Waals surface area contributed by atoms with E-state index in [2.05, 4.69) is 5.32 Å². The van der Waals surface area contributed by atoms with E-state index in [9.17, 15) is 14.7 Å². The Morgan fingerprint density at radius 3 is 2.76 bits per heavy atom. The second-order valence-electron chi connectivity index (χ2n) is 5.38. The van der Waals surface area contributed by atoms with Gasteiger partial charge < -0.3 is 15.3 Å². The van der Waals surface area contributed by atoms with E-state index >= 15 is 0 Å². The van der Waals surface area contributed by atoms with Crippen LogP contribution in [-0.4, -0.2) is 47.6 Å². The van der Waals surface area contributed by atoms with Crippen molar-refractivity contribution in [1.82, 2.24) is 10.2 Å². The van der Waals surface area contributed by atoms with E-state index in [1.54, 1.807) is 4.90 Å². The van der Waals surface area contributed by atoms with Gasteiger partial charge in [-0.05, 0) is 12.0 Å². The molecule has 1 unspecified atom stereocenters. The quantitative estimate of drug-likeness (QED) is 0.777. The first-order chi connectivity index (χ1) is 10.1. The summed E-state index contributed by atoms with van der Waals surface area (Å²) in [6, 6.07) is 9.67. The van der Waals surface area contributed by atoms with E-state index < -0.39 is 6.10 Å². The molecule has 1 heterocycles. The summed E-state index contributed by atoms with van der Waals surface area (Å²) in [5.74, 6) is 0.00808. The molecule has 0 saturated carbocycles. The summed E-state index contributed by atoms with van der Waals surface area (Å²) in [7, 11) is 0. The molecule has 1 aromatic rings. The second kappa shape index (κ2) is 7.78. The topological polar surface area (TPSA) is 69.6 Å². The van der Waals surface area contributed by atoms with Crippen LogP contribution in [-0.2, 0) is 16.0 Å². The van der Waals surface area contributed by atoms with E-state index in [1.165, 1.54) is 0 Å². The molecule has 0 bridgehead atoms. The van der Waals surface area contributed by atoms with Crippen LogP contribution in [0.1, 0.15) is 24.8 Å². The summed E-state index contributed by atoms with van der Waals surface area (Å²) in [5, 5.41) is 12.6. The van der Waals surface area contributed by atoms with E-state index in [-0.39, 0.29) is 18.4 Å². The minimum absolute atomic E-state index is 0.123. The Morgan fingerprint density at radius 2 is 2.10 bits per heavy atom. The lowest BCUT2D eigenvalue weighted by atomic mass is 10.1. The van der Waals surface area contributed by atoms with Gasteiger partial charge in [0.15, 0.2) is 0 Å². The molecule has 1 aliphatic rings. The van der Waals surface area contributed by atoms with E-state index in [4.69, 9.17) is 0 Å². The zero-order valence-corrected chi connectivity index (χ0v) is 12.1. The summed E-state index contributed by atoms with van der Waals surface area (Å²) in [6.45, 7) is 1.46. The number of likely N-dealkylation sites (tertiary alicyclic amines) is 1. The van der Waals surface area contributed by atoms with Crippen LogP contribution in [0.2, 0.25) is 0 Å². The Morgan fingerprint density at radius 1 is 1.33 bits per heavy atom. The van der Waals surface area contributed by atoms with Gasteiger partial charge in [-0.1, -0.05) is 30.3 Å². The molecule has 114 valence electrons. The first-order valence-corrected chi connectivity index (χ1v) is 7.41. The zero-order valence-electron chi connectivity index (χ0n) is 12.1. The van der Waals surface area contributed by atoms with E-state index in [1.807, 2.05) is 30.3 Å². The van der Waals surface area contributed by atoms with Gasteiger partial charge >= 0.3 is 0 Å². The third-order valence-electron chi connectivity index (χ3n) is 3.63. The van der Waals surface area contributed by atoms with Crippen molar-refractivity contribution in [2.24, 2.45) is 0 Å². The molecule has 2 N–H and O–H groups in total. The normalized spacial score (nSPS) is 16.0. The van der Waals surface area contributed by atoms with Crippen LogP contribution < -0.4 is 5.32 Å². The summed E-state index contributed by atoms with van der Waals surface area (Å²) in [4.78, 5) is 24.8. The number of aliphatic hydroxyl groups excluding tert-OH is 1. The van der Waals surface area contributed by atoms with Gasteiger partial charge in [-0.3, -0.25) is 9.59 Å². The third kappa shape index (κ3) is 5.19. The van der Waals surface area contributed by atoms with Crippen molar-refractivity contribution in [1.29, 1.82) is 0 Å². The minimum Gasteiger partial charge on any atom is -0.391 e. The van der Waals surface area contributed by atoms with E-state index in [0.717, 1.165) is 18.5 Å². The second-order valence-corrected chi connectivity index (χ2v) is 5.38. The van der Waals surface area contributed by atoms with Gasteiger partial charge in [0.25, 0.3) is 0 Å². The maximum absolute atomic E-state index is 11.7. The summed E-state index contributed by atoms with van der Waals surface area (Å²) in [5.41, 5.74) is 1.04. The maximum Gasteiger partial charge on any atom is 0.222 e. The Labute approximate surface area is 125 Å². The van der Waals surface area contributed by atoms with Crippen LogP contribution in [0.4, 0.5) is 0 Å². The fourth-order valence-electron chi connectivity index (χ4n) is 2.46. The number of hydrogen-bond donors (Lipinski definition) is 2. The molecule has 1 aromatic carbocycles. The molecule has 0 aliphatic carbocycles. The molecule has 2 amide bonds. The monoisotopic (exact) mass is 290 g/mol. The summed E-state index contributed by atoms with van der Waals surface area (Å²) >= 11 is 0. The number of rotatable bonds is 7. The highest BCUT2D eigenvalue weighted by Gasteiger charge is 2.20. The molecule has 0 aromatic heterocycles. The standard InChI is InChI=1S/C16H22N2O3/c19-14(11-13-5-2-1-3-6-13)12-17-15(20)8-10-18-9-4-7-16(18)21/h1-3,5-6,14,19H,4,7-12H2,(H,17,20). The maximum atomic E-state index is 11.7. The molecule has 5 nitrogen and oxygen atoms in total.